The molecule has 1 atom stereocenters. The first-order valence-corrected chi connectivity index (χ1v) is 10.8. The van der Waals surface area contributed by atoms with Crippen molar-refractivity contribution < 1.29 is 9.59 Å². The van der Waals surface area contributed by atoms with Gasteiger partial charge in [0.05, 0.1) is 11.6 Å². The molecule has 0 saturated carbocycles. The molecule has 0 aliphatic rings. The minimum absolute atomic E-state index is 0.0966. The van der Waals surface area contributed by atoms with Crippen molar-refractivity contribution in [1.82, 2.24) is 10.3 Å². The van der Waals surface area contributed by atoms with Crippen molar-refractivity contribution in [1.29, 1.82) is 0 Å². The van der Waals surface area contributed by atoms with Gasteiger partial charge in [0.15, 0.2) is 11.2 Å². The lowest BCUT2D eigenvalue weighted by atomic mass is 10.0. The molecule has 1 aromatic heterocycles. The van der Waals surface area contributed by atoms with E-state index in [1.54, 1.807) is 25.1 Å². The van der Waals surface area contributed by atoms with Crippen LogP contribution in [0.3, 0.4) is 0 Å². The molecule has 3 aromatic carbocycles. The molecule has 4 rings (SSSR count). The highest BCUT2D eigenvalue weighted by Crippen LogP contribution is 2.19. The monoisotopic (exact) mass is 439 g/mol. The van der Waals surface area contributed by atoms with Gasteiger partial charge < -0.3 is 15.6 Å². The van der Waals surface area contributed by atoms with E-state index < -0.39 is 6.04 Å². The molecule has 0 unspecified atom stereocenters. The van der Waals surface area contributed by atoms with Gasteiger partial charge in [-0.25, -0.2) is 0 Å². The van der Waals surface area contributed by atoms with E-state index in [9.17, 15) is 14.4 Å². The van der Waals surface area contributed by atoms with Crippen LogP contribution in [0.5, 0.6) is 0 Å². The molecular formula is C27H25N3O3. The molecule has 33 heavy (non-hydrogen) atoms. The van der Waals surface area contributed by atoms with Crippen LogP contribution >= 0.6 is 0 Å². The zero-order valence-corrected chi connectivity index (χ0v) is 18.5. The third-order valence-electron chi connectivity index (χ3n) is 5.59. The average Bonchev–Trinajstić information content (AvgIpc) is 2.83. The maximum Gasteiger partial charge on any atom is 0.241 e. The largest absolute Gasteiger partial charge is 0.360 e. The molecule has 0 aliphatic heterocycles. The predicted octanol–water partition coefficient (Wildman–Crippen LogP) is 4.51. The molecule has 6 heteroatoms. The lowest BCUT2D eigenvalue weighted by Gasteiger charge is -2.15. The van der Waals surface area contributed by atoms with Gasteiger partial charge in [-0.05, 0) is 48.7 Å². The Morgan fingerprint density at radius 3 is 2.33 bits per heavy atom. The maximum atomic E-state index is 12.7. The lowest BCUT2D eigenvalue weighted by Crippen LogP contribution is -2.37. The van der Waals surface area contributed by atoms with Gasteiger partial charge in [0.1, 0.15) is 0 Å². The molecule has 0 saturated heterocycles. The quantitative estimate of drug-likeness (QED) is 0.370. The molecule has 0 aliphatic carbocycles. The first-order valence-electron chi connectivity index (χ1n) is 10.8. The Hall–Kier alpha value is -4.03. The smallest absolute Gasteiger partial charge is 0.241 e. The van der Waals surface area contributed by atoms with Crippen molar-refractivity contribution in [3.05, 3.63) is 100 Å². The van der Waals surface area contributed by atoms with Crippen LogP contribution in [0.1, 0.15) is 29.8 Å². The minimum Gasteiger partial charge on any atom is -0.360 e. The van der Waals surface area contributed by atoms with Crippen LogP contribution in [-0.2, 0) is 11.3 Å². The Morgan fingerprint density at radius 2 is 1.64 bits per heavy atom. The van der Waals surface area contributed by atoms with Gasteiger partial charge in [0.2, 0.25) is 5.91 Å². The van der Waals surface area contributed by atoms with Crippen LogP contribution in [0.2, 0.25) is 0 Å². The van der Waals surface area contributed by atoms with Crippen molar-refractivity contribution in [2.24, 2.45) is 0 Å². The third kappa shape index (κ3) is 5.07. The summed E-state index contributed by atoms with van der Waals surface area (Å²) < 4.78 is 0. The zero-order valence-electron chi connectivity index (χ0n) is 18.5. The number of nitrogens with one attached hydrogen (secondary N) is 3. The maximum absolute atomic E-state index is 12.7. The van der Waals surface area contributed by atoms with E-state index in [1.165, 1.54) is 13.1 Å². The number of aromatic amines is 1. The van der Waals surface area contributed by atoms with Crippen molar-refractivity contribution in [3.8, 4) is 11.1 Å². The number of hydrogen-bond donors (Lipinski definition) is 3. The second-order valence-corrected chi connectivity index (χ2v) is 8.00. The van der Waals surface area contributed by atoms with Gasteiger partial charge in [-0.15, -0.1) is 0 Å². The van der Waals surface area contributed by atoms with E-state index in [0.29, 0.717) is 23.1 Å². The Kier molecular flexibility index (Phi) is 6.47. The highest BCUT2D eigenvalue weighted by Gasteiger charge is 2.14. The van der Waals surface area contributed by atoms with Crippen molar-refractivity contribution in [2.45, 2.75) is 26.4 Å². The highest BCUT2D eigenvalue weighted by atomic mass is 16.2. The number of amides is 1. The van der Waals surface area contributed by atoms with Gasteiger partial charge in [-0.3, -0.25) is 14.4 Å². The Labute approximate surface area is 191 Å². The van der Waals surface area contributed by atoms with Gasteiger partial charge in [-0.1, -0.05) is 54.6 Å². The van der Waals surface area contributed by atoms with Crippen LogP contribution in [0.4, 0.5) is 5.69 Å². The van der Waals surface area contributed by atoms with Gasteiger partial charge >= 0.3 is 0 Å². The van der Waals surface area contributed by atoms with E-state index >= 15 is 0 Å². The molecule has 6 nitrogen and oxygen atoms in total. The van der Waals surface area contributed by atoms with Crippen LogP contribution in [0, 0.1) is 0 Å². The number of rotatable bonds is 7. The zero-order chi connectivity index (χ0) is 23.4. The highest BCUT2D eigenvalue weighted by molar-refractivity contribution is 5.99. The number of aromatic nitrogens is 1. The molecule has 0 bridgehead atoms. The summed E-state index contributed by atoms with van der Waals surface area (Å²) in [6.45, 7) is 3.68. The number of H-pyrrole nitrogens is 1. The van der Waals surface area contributed by atoms with E-state index in [0.717, 1.165) is 16.7 Å². The normalized spacial score (nSPS) is 11.8. The summed E-state index contributed by atoms with van der Waals surface area (Å²) >= 11 is 0. The summed E-state index contributed by atoms with van der Waals surface area (Å²) in [6.07, 6.45) is 1.42. The number of ketones is 1. The summed E-state index contributed by atoms with van der Waals surface area (Å²) in [7, 11) is 0. The molecule has 0 radical (unpaired) electrons. The fourth-order valence-corrected chi connectivity index (χ4v) is 3.62. The number of hydrogen-bond acceptors (Lipinski definition) is 4. The van der Waals surface area contributed by atoms with E-state index in [4.69, 9.17) is 0 Å². The number of benzene rings is 3. The van der Waals surface area contributed by atoms with E-state index in [-0.39, 0.29) is 22.7 Å². The SMILES string of the molecule is CC(=O)c1c[nH]c2ccc(NC(=O)[C@H](C)NCc3ccc(-c4ccccc4)cc3)cc2c1=O. The second kappa shape index (κ2) is 9.63. The molecule has 4 aromatic rings. The summed E-state index contributed by atoms with van der Waals surface area (Å²) in [6, 6.07) is 23.0. The number of fused-ring (bicyclic) bond motifs is 1. The lowest BCUT2D eigenvalue weighted by molar-refractivity contribution is -0.117. The molecular weight excluding hydrogens is 414 g/mol. The molecule has 1 amide bonds. The second-order valence-electron chi connectivity index (χ2n) is 8.00. The van der Waals surface area contributed by atoms with E-state index in [2.05, 4.69) is 39.9 Å². The fourth-order valence-electron chi connectivity index (χ4n) is 3.62. The Bertz CT molecular complexity index is 1360. The summed E-state index contributed by atoms with van der Waals surface area (Å²) in [5, 5.41) is 6.42. The third-order valence-corrected chi connectivity index (χ3v) is 5.59. The molecule has 1 heterocycles. The first-order chi connectivity index (χ1) is 15.9. The predicted molar refractivity (Wildman–Crippen MR) is 131 cm³/mol. The van der Waals surface area contributed by atoms with Crippen LogP contribution in [0.25, 0.3) is 22.0 Å². The molecule has 0 fully saturated rings. The summed E-state index contributed by atoms with van der Waals surface area (Å²) in [4.78, 5) is 39.8. The number of Topliss-reactive ketones (excluding diaryl/α,β-unsaturated/α-hetero) is 1. The minimum atomic E-state index is -0.448. The Morgan fingerprint density at radius 1 is 0.939 bits per heavy atom. The molecule has 0 spiro atoms. The van der Waals surface area contributed by atoms with E-state index in [1.807, 2.05) is 30.3 Å². The van der Waals surface area contributed by atoms with Crippen LogP contribution in [-0.4, -0.2) is 22.7 Å². The fraction of sp³-hybridized carbons (Fsp3) is 0.148. The number of carbonyl (C=O) groups is 2. The number of anilines is 1. The van der Waals surface area contributed by atoms with Crippen molar-refractivity contribution in [2.75, 3.05) is 5.32 Å². The van der Waals surface area contributed by atoms with Crippen molar-refractivity contribution in [3.63, 3.8) is 0 Å². The number of pyridine rings is 1. The molecule has 3 N–H and O–H groups in total. The standard InChI is InChI=1S/C27H25N3O3/c1-17(28-15-19-8-10-21(11-9-19)20-6-4-3-5-7-20)27(33)30-22-12-13-25-23(14-22)26(32)24(16-29-25)18(2)31/h3-14,16-17,28H,15H2,1-2H3,(H,29,32)(H,30,33)/t17-/m0/s1. The Balaban J connectivity index is 1.39. The van der Waals surface area contributed by atoms with Gasteiger partial charge in [0, 0.05) is 29.3 Å². The van der Waals surface area contributed by atoms with Gasteiger partial charge in [-0.2, -0.15) is 0 Å². The number of carbonyl (C=O) groups excluding carboxylic acids is 2. The summed E-state index contributed by atoms with van der Waals surface area (Å²) in [5.74, 6) is -0.517. The van der Waals surface area contributed by atoms with Crippen molar-refractivity contribution >= 4 is 28.3 Å². The summed E-state index contributed by atoms with van der Waals surface area (Å²) in [5.41, 5.74) is 4.23. The topological polar surface area (TPSA) is 91.1 Å². The first kappa shape index (κ1) is 22.2. The molecule has 166 valence electrons. The van der Waals surface area contributed by atoms with Gasteiger partial charge in [0.25, 0.3) is 0 Å². The van der Waals surface area contributed by atoms with Crippen LogP contribution < -0.4 is 16.1 Å². The van der Waals surface area contributed by atoms with Crippen LogP contribution in [0.15, 0.2) is 83.8 Å². The average molecular weight is 440 g/mol.